The van der Waals surface area contributed by atoms with Crippen molar-refractivity contribution in [1.82, 2.24) is 5.43 Å². The first-order valence-corrected chi connectivity index (χ1v) is 6.63. The molecule has 0 spiro atoms. The summed E-state index contributed by atoms with van der Waals surface area (Å²) >= 11 is 0. The molecule has 0 aliphatic carbocycles. The van der Waals surface area contributed by atoms with Crippen molar-refractivity contribution in [3.63, 3.8) is 0 Å². The van der Waals surface area contributed by atoms with Crippen molar-refractivity contribution in [3.8, 4) is 0 Å². The predicted molar refractivity (Wildman–Crippen MR) is 81.8 cm³/mol. The third-order valence-corrected chi connectivity index (χ3v) is 2.88. The van der Waals surface area contributed by atoms with Gasteiger partial charge in [0.1, 0.15) is 11.6 Å². The normalized spacial score (nSPS) is 11.0. The number of rotatable bonds is 3. The maximum absolute atomic E-state index is 13.0. The van der Waals surface area contributed by atoms with E-state index in [1.807, 2.05) is 0 Å². The minimum absolute atomic E-state index is 0.157. The second kappa shape index (κ2) is 7.26. The third kappa shape index (κ3) is 4.70. The van der Waals surface area contributed by atoms with Crippen LogP contribution >= 0.6 is 0 Å². The lowest BCUT2D eigenvalue weighted by Gasteiger charge is -2.05. The summed E-state index contributed by atoms with van der Waals surface area (Å²) in [5, 5.41) is 6.01. The summed E-state index contributed by atoms with van der Waals surface area (Å²) in [7, 11) is 0. The molecule has 0 unspecified atom stereocenters. The molecule has 7 heteroatoms. The zero-order valence-electron chi connectivity index (χ0n) is 12.1. The third-order valence-electron chi connectivity index (χ3n) is 2.88. The van der Waals surface area contributed by atoms with Gasteiger partial charge in [0.15, 0.2) is 0 Å². The lowest BCUT2D eigenvalue weighted by molar-refractivity contribution is -0.136. The van der Waals surface area contributed by atoms with Crippen LogP contribution in [-0.4, -0.2) is 17.5 Å². The van der Waals surface area contributed by atoms with E-state index >= 15 is 0 Å². The van der Waals surface area contributed by atoms with E-state index in [-0.39, 0.29) is 11.5 Å². The van der Waals surface area contributed by atoms with Crippen LogP contribution in [-0.2, 0) is 9.59 Å². The van der Waals surface area contributed by atoms with Crippen LogP contribution in [0.15, 0.2) is 53.6 Å². The van der Waals surface area contributed by atoms with Gasteiger partial charge >= 0.3 is 11.8 Å². The number of hydrazone groups is 1. The number of hydrogen-bond donors (Lipinski definition) is 2. The van der Waals surface area contributed by atoms with E-state index in [2.05, 4.69) is 15.8 Å². The highest BCUT2D eigenvalue weighted by atomic mass is 19.1. The molecule has 0 fully saturated rings. The summed E-state index contributed by atoms with van der Waals surface area (Å²) < 4.78 is 25.8. The number of benzene rings is 2. The summed E-state index contributed by atoms with van der Waals surface area (Å²) in [6.45, 7) is 1.60. The second-order valence-electron chi connectivity index (χ2n) is 4.61. The Kier molecular flexibility index (Phi) is 5.14. The molecule has 0 saturated carbocycles. The largest absolute Gasteiger partial charge is 0.329 e. The molecular formula is C16H13F2N3O2. The summed E-state index contributed by atoms with van der Waals surface area (Å²) in [6, 6.07) is 10.6. The number of amides is 2. The average Bonchev–Trinajstić information content (AvgIpc) is 2.53. The Morgan fingerprint density at radius 2 is 1.65 bits per heavy atom. The molecule has 0 bridgehead atoms. The number of halogens is 2. The van der Waals surface area contributed by atoms with Gasteiger partial charge < -0.3 is 5.32 Å². The van der Waals surface area contributed by atoms with Gasteiger partial charge in [-0.2, -0.15) is 5.10 Å². The first-order chi connectivity index (χ1) is 11.0. The van der Waals surface area contributed by atoms with Crippen molar-refractivity contribution < 1.29 is 18.4 Å². The first-order valence-electron chi connectivity index (χ1n) is 6.63. The molecule has 0 aliphatic rings. The summed E-state index contributed by atoms with van der Waals surface area (Å²) in [6.07, 6.45) is 0. The molecule has 0 aromatic heterocycles. The van der Waals surface area contributed by atoms with Crippen LogP contribution in [0.3, 0.4) is 0 Å². The van der Waals surface area contributed by atoms with Gasteiger partial charge in [-0.1, -0.05) is 18.2 Å². The molecule has 0 atom stereocenters. The number of anilines is 1. The maximum Gasteiger partial charge on any atom is 0.329 e. The van der Waals surface area contributed by atoms with Gasteiger partial charge in [0.05, 0.1) is 5.71 Å². The molecule has 0 saturated heterocycles. The Bertz CT molecular complexity index is 758. The number of hydrogen-bond acceptors (Lipinski definition) is 3. The van der Waals surface area contributed by atoms with Crippen molar-refractivity contribution in [3.05, 3.63) is 65.7 Å². The molecule has 2 rings (SSSR count). The Morgan fingerprint density at radius 3 is 2.30 bits per heavy atom. The van der Waals surface area contributed by atoms with Gasteiger partial charge in [-0.05, 0) is 42.8 Å². The standard InChI is InChI=1S/C16H13F2N3O2/c1-10(11-5-7-12(17)8-6-11)20-21-16(23)15(22)19-14-4-2-3-13(18)9-14/h2-9H,1H3,(H,19,22)(H,21,23)/b20-10-. The quantitative estimate of drug-likeness (QED) is 0.518. The van der Waals surface area contributed by atoms with E-state index in [4.69, 9.17) is 0 Å². The molecule has 23 heavy (non-hydrogen) atoms. The molecule has 118 valence electrons. The van der Waals surface area contributed by atoms with Crippen molar-refractivity contribution in [2.24, 2.45) is 5.10 Å². The van der Waals surface area contributed by atoms with Crippen LogP contribution in [0.1, 0.15) is 12.5 Å². The Hall–Kier alpha value is -3.09. The SMILES string of the molecule is C/C(=N/NC(=O)C(=O)Nc1cccc(F)c1)c1ccc(F)cc1. The van der Waals surface area contributed by atoms with E-state index < -0.39 is 17.6 Å². The molecule has 0 heterocycles. The van der Waals surface area contributed by atoms with Crippen molar-refractivity contribution >= 4 is 23.2 Å². The van der Waals surface area contributed by atoms with Gasteiger partial charge in [0.2, 0.25) is 0 Å². The van der Waals surface area contributed by atoms with Crippen molar-refractivity contribution in [2.75, 3.05) is 5.32 Å². The van der Waals surface area contributed by atoms with E-state index in [1.54, 1.807) is 6.92 Å². The highest BCUT2D eigenvalue weighted by Gasteiger charge is 2.13. The van der Waals surface area contributed by atoms with Crippen LogP contribution in [0, 0.1) is 11.6 Å². The molecule has 0 aliphatic heterocycles. The smallest absolute Gasteiger partial charge is 0.318 e. The van der Waals surface area contributed by atoms with Crippen molar-refractivity contribution in [2.45, 2.75) is 6.92 Å². The van der Waals surface area contributed by atoms with Crippen LogP contribution in [0.5, 0.6) is 0 Å². The molecule has 5 nitrogen and oxygen atoms in total. The minimum Gasteiger partial charge on any atom is -0.318 e. The molecule has 0 radical (unpaired) electrons. The maximum atomic E-state index is 13.0. The highest BCUT2D eigenvalue weighted by molar-refractivity contribution is 6.39. The second-order valence-corrected chi connectivity index (χ2v) is 4.61. The predicted octanol–water partition coefficient (Wildman–Crippen LogP) is 2.44. The monoisotopic (exact) mass is 317 g/mol. The molecular weight excluding hydrogens is 304 g/mol. The van der Waals surface area contributed by atoms with Crippen LogP contribution in [0.4, 0.5) is 14.5 Å². The van der Waals surface area contributed by atoms with E-state index in [1.165, 1.54) is 42.5 Å². The number of nitrogens with one attached hydrogen (secondary N) is 2. The van der Waals surface area contributed by atoms with E-state index in [0.29, 0.717) is 11.3 Å². The Balaban J connectivity index is 1.96. The van der Waals surface area contributed by atoms with Gasteiger partial charge in [0.25, 0.3) is 0 Å². The summed E-state index contributed by atoms with van der Waals surface area (Å²) in [5.74, 6) is -2.91. The van der Waals surface area contributed by atoms with E-state index in [9.17, 15) is 18.4 Å². The van der Waals surface area contributed by atoms with Crippen LogP contribution in [0.2, 0.25) is 0 Å². The zero-order valence-corrected chi connectivity index (χ0v) is 12.1. The summed E-state index contributed by atoms with van der Waals surface area (Å²) in [5.41, 5.74) is 3.23. The molecule has 2 aromatic rings. The van der Waals surface area contributed by atoms with E-state index in [0.717, 1.165) is 6.07 Å². The van der Waals surface area contributed by atoms with Crippen LogP contribution < -0.4 is 10.7 Å². The molecule has 2 aromatic carbocycles. The van der Waals surface area contributed by atoms with Crippen molar-refractivity contribution in [1.29, 1.82) is 0 Å². The first kappa shape index (κ1) is 16.3. The fraction of sp³-hybridized carbons (Fsp3) is 0.0625. The van der Waals surface area contributed by atoms with Gasteiger partial charge in [-0.3, -0.25) is 9.59 Å². The molecule has 2 N–H and O–H groups in total. The number of carbonyl (C=O) groups is 2. The van der Waals surface area contributed by atoms with Gasteiger partial charge in [-0.15, -0.1) is 0 Å². The van der Waals surface area contributed by atoms with Gasteiger partial charge in [-0.25, -0.2) is 14.2 Å². The molecule has 2 amide bonds. The fourth-order valence-electron chi connectivity index (χ4n) is 1.70. The number of carbonyl (C=O) groups excluding carboxylic acids is 2. The average molecular weight is 317 g/mol. The fourth-order valence-corrected chi connectivity index (χ4v) is 1.70. The topological polar surface area (TPSA) is 70.6 Å². The highest BCUT2D eigenvalue weighted by Crippen LogP contribution is 2.08. The zero-order chi connectivity index (χ0) is 16.8. The lowest BCUT2D eigenvalue weighted by atomic mass is 10.1. The minimum atomic E-state index is -1.00. The number of nitrogens with zero attached hydrogens (tertiary/aromatic N) is 1. The van der Waals surface area contributed by atoms with Crippen LogP contribution in [0.25, 0.3) is 0 Å². The Labute approximate surface area is 131 Å². The Morgan fingerprint density at radius 1 is 0.957 bits per heavy atom. The van der Waals surface area contributed by atoms with Gasteiger partial charge in [0, 0.05) is 5.69 Å². The lowest BCUT2D eigenvalue weighted by Crippen LogP contribution is -2.32. The summed E-state index contributed by atoms with van der Waals surface area (Å²) in [4.78, 5) is 23.3.